The van der Waals surface area contributed by atoms with Crippen molar-refractivity contribution >= 4 is 57.5 Å². The Bertz CT molecular complexity index is 577. The molecule has 1 aromatic heterocycles. The summed E-state index contributed by atoms with van der Waals surface area (Å²) in [4.78, 5) is 15.9. The molecule has 0 saturated heterocycles. The number of benzene rings is 1. The number of amides is 1. The highest BCUT2D eigenvalue weighted by molar-refractivity contribution is 14.1. The lowest BCUT2D eigenvalue weighted by atomic mass is 10.3. The minimum Gasteiger partial charge on any atom is -0.324 e. The minimum atomic E-state index is -0.0501. The normalized spacial score (nSPS) is 10.2. The first-order valence-corrected chi connectivity index (χ1v) is 7.88. The molecule has 1 amide bonds. The Morgan fingerprint density at radius 1 is 1.32 bits per heavy atom. The highest BCUT2D eigenvalue weighted by atomic mass is 127. The molecule has 0 unspecified atom stereocenters. The third-order valence-corrected chi connectivity index (χ3v) is 4.31. The van der Waals surface area contributed by atoms with E-state index in [0.717, 1.165) is 14.3 Å². The number of para-hydroxylation sites is 1. The van der Waals surface area contributed by atoms with E-state index in [1.54, 1.807) is 18.3 Å². The first-order valence-electron chi connectivity index (χ1n) is 5.44. The van der Waals surface area contributed by atoms with E-state index in [1.165, 1.54) is 11.8 Å². The van der Waals surface area contributed by atoms with Gasteiger partial charge in [-0.25, -0.2) is 4.98 Å². The van der Waals surface area contributed by atoms with Gasteiger partial charge < -0.3 is 5.32 Å². The molecule has 2 rings (SSSR count). The molecule has 0 bridgehead atoms. The van der Waals surface area contributed by atoms with E-state index in [2.05, 4.69) is 32.9 Å². The van der Waals surface area contributed by atoms with Crippen molar-refractivity contribution in [3.63, 3.8) is 0 Å². The second-order valence-corrected chi connectivity index (χ2v) is 6.23. The van der Waals surface area contributed by atoms with Crippen LogP contribution in [0.1, 0.15) is 0 Å². The zero-order valence-corrected chi connectivity index (χ0v) is 13.5. The van der Waals surface area contributed by atoms with Crippen molar-refractivity contribution in [2.75, 3.05) is 11.1 Å². The summed E-state index contributed by atoms with van der Waals surface area (Å²) in [6, 6.07) is 11.2. The zero-order valence-electron chi connectivity index (χ0n) is 9.77. The predicted molar refractivity (Wildman–Crippen MR) is 87.8 cm³/mol. The fourth-order valence-corrected chi connectivity index (χ4v) is 2.61. The van der Waals surface area contributed by atoms with E-state index >= 15 is 0 Å². The van der Waals surface area contributed by atoms with Crippen LogP contribution in [0, 0.1) is 3.57 Å². The standard InChI is InChI=1S/C13H10ClIN2OS/c14-9-5-6-13(16-7-9)19-8-12(18)17-11-4-2-1-3-10(11)15/h1-7H,8H2,(H,17,18). The van der Waals surface area contributed by atoms with Crippen LogP contribution in [0.2, 0.25) is 5.02 Å². The number of carbonyl (C=O) groups excluding carboxylic acids is 1. The third kappa shape index (κ3) is 4.67. The van der Waals surface area contributed by atoms with Gasteiger partial charge in [-0.05, 0) is 46.9 Å². The maximum Gasteiger partial charge on any atom is 0.234 e. The zero-order chi connectivity index (χ0) is 13.7. The molecule has 0 spiro atoms. The molecule has 1 N–H and O–H groups in total. The van der Waals surface area contributed by atoms with Crippen molar-refractivity contribution in [1.29, 1.82) is 0 Å². The number of hydrogen-bond donors (Lipinski definition) is 1. The number of carbonyl (C=O) groups is 1. The number of rotatable bonds is 4. The van der Waals surface area contributed by atoms with Crippen LogP contribution in [0.5, 0.6) is 0 Å². The quantitative estimate of drug-likeness (QED) is 0.617. The van der Waals surface area contributed by atoms with Gasteiger partial charge in [0.25, 0.3) is 0 Å². The predicted octanol–water partition coefficient (Wildman–Crippen LogP) is 4.07. The molecule has 2 aromatic rings. The molecule has 0 aliphatic heterocycles. The van der Waals surface area contributed by atoms with Gasteiger partial charge >= 0.3 is 0 Å². The van der Waals surface area contributed by atoms with E-state index < -0.39 is 0 Å². The third-order valence-electron chi connectivity index (χ3n) is 2.20. The van der Waals surface area contributed by atoms with Gasteiger partial charge in [0.15, 0.2) is 0 Å². The monoisotopic (exact) mass is 404 g/mol. The Hall–Kier alpha value is -0.790. The number of hydrogen-bond acceptors (Lipinski definition) is 3. The summed E-state index contributed by atoms with van der Waals surface area (Å²) in [6.07, 6.45) is 1.57. The van der Waals surface area contributed by atoms with Crippen LogP contribution in [0.25, 0.3) is 0 Å². The highest BCUT2D eigenvalue weighted by Gasteiger charge is 2.06. The molecule has 0 fully saturated rings. The van der Waals surface area contributed by atoms with Gasteiger partial charge in [0, 0.05) is 9.77 Å². The van der Waals surface area contributed by atoms with E-state index in [9.17, 15) is 4.79 Å². The van der Waals surface area contributed by atoms with Crippen molar-refractivity contribution in [1.82, 2.24) is 4.98 Å². The number of nitrogens with zero attached hydrogens (tertiary/aromatic N) is 1. The molecule has 0 saturated carbocycles. The average Bonchev–Trinajstić information content (AvgIpc) is 2.41. The lowest BCUT2D eigenvalue weighted by Crippen LogP contribution is -2.14. The maximum absolute atomic E-state index is 11.8. The van der Waals surface area contributed by atoms with Crippen molar-refractivity contribution < 1.29 is 4.79 Å². The van der Waals surface area contributed by atoms with Gasteiger partial charge in [0.05, 0.1) is 21.5 Å². The topological polar surface area (TPSA) is 42.0 Å². The average molecular weight is 405 g/mol. The summed E-state index contributed by atoms with van der Waals surface area (Å²) in [5.41, 5.74) is 0.831. The van der Waals surface area contributed by atoms with Crippen LogP contribution in [0.4, 0.5) is 5.69 Å². The van der Waals surface area contributed by atoms with Gasteiger partial charge in [-0.1, -0.05) is 35.5 Å². The number of thioether (sulfide) groups is 1. The maximum atomic E-state index is 11.8. The lowest BCUT2D eigenvalue weighted by Gasteiger charge is -2.06. The first-order chi connectivity index (χ1) is 9.15. The van der Waals surface area contributed by atoms with Crippen molar-refractivity contribution in [2.45, 2.75) is 5.03 Å². The molecule has 1 heterocycles. The second-order valence-electron chi connectivity index (χ2n) is 3.63. The summed E-state index contributed by atoms with van der Waals surface area (Å²) in [5.74, 6) is 0.269. The van der Waals surface area contributed by atoms with Crippen molar-refractivity contribution in [2.24, 2.45) is 0 Å². The van der Waals surface area contributed by atoms with E-state index in [-0.39, 0.29) is 5.91 Å². The molecule has 0 aliphatic carbocycles. The molecule has 0 aliphatic rings. The molecule has 3 nitrogen and oxygen atoms in total. The molecule has 6 heteroatoms. The minimum absolute atomic E-state index is 0.0501. The van der Waals surface area contributed by atoms with Crippen LogP contribution in [-0.4, -0.2) is 16.6 Å². The molecule has 19 heavy (non-hydrogen) atoms. The largest absolute Gasteiger partial charge is 0.324 e. The van der Waals surface area contributed by atoms with Crippen LogP contribution in [0.3, 0.4) is 0 Å². The van der Waals surface area contributed by atoms with Crippen LogP contribution >= 0.6 is 46.0 Å². The van der Waals surface area contributed by atoms with E-state index in [0.29, 0.717) is 10.8 Å². The smallest absolute Gasteiger partial charge is 0.234 e. The summed E-state index contributed by atoms with van der Waals surface area (Å²) >= 11 is 9.31. The SMILES string of the molecule is O=C(CSc1ccc(Cl)cn1)Nc1ccccc1I. The van der Waals surface area contributed by atoms with Gasteiger partial charge in [-0.3, -0.25) is 4.79 Å². The summed E-state index contributed by atoms with van der Waals surface area (Å²) in [5, 5.41) is 4.24. The Kier molecular flexibility index (Phi) is 5.47. The Morgan fingerprint density at radius 3 is 2.79 bits per heavy atom. The number of pyridine rings is 1. The number of aromatic nitrogens is 1. The van der Waals surface area contributed by atoms with Crippen LogP contribution in [-0.2, 0) is 4.79 Å². The van der Waals surface area contributed by atoms with E-state index in [4.69, 9.17) is 11.6 Å². The lowest BCUT2D eigenvalue weighted by molar-refractivity contribution is -0.113. The number of halogens is 2. The van der Waals surface area contributed by atoms with E-state index in [1.807, 2.05) is 24.3 Å². The van der Waals surface area contributed by atoms with Gasteiger partial charge in [-0.2, -0.15) is 0 Å². The van der Waals surface area contributed by atoms with Crippen LogP contribution in [0.15, 0.2) is 47.6 Å². The summed E-state index contributed by atoms with van der Waals surface area (Å²) in [6.45, 7) is 0. The fraction of sp³-hybridized carbons (Fsp3) is 0.0769. The van der Waals surface area contributed by atoms with Crippen molar-refractivity contribution in [3.8, 4) is 0 Å². The van der Waals surface area contributed by atoms with Crippen molar-refractivity contribution in [3.05, 3.63) is 51.2 Å². The molecule has 0 atom stereocenters. The number of nitrogens with one attached hydrogen (secondary N) is 1. The van der Waals surface area contributed by atoms with Gasteiger partial charge in [0.1, 0.15) is 0 Å². The second kappa shape index (κ2) is 7.12. The Morgan fingerprint density at radius 2 is 2.11 bits per heavy atom. The first kappa shape index (κ1) is 14.6. The molecular weight excluding hydrogens is 395 g/mol. The van der Waals surface area contributed by atoms with Gasteiger partial charge in [-0.15, -0.1) is 0 Å². The molecule has 1 aromatic carbocycles. The number of anilines is 1. The molecule has 0 radical (unpaired) electrons. The van der Waals surface area contributed by atoms with Gasteiger partial charge in [0.2, 0.25) is 5.91 Å². The highest BCUT2D eigenvalue weighted by Crippen LogP contribution is 2.19. The molecular formula is C13H10ClIN2OS. The molecule has 98 valence electrons. The van der Waals surface area contributed by atoms with Crippen LogP contribution < -0.4 is 5.32 Å². The Labute approximate surface area is 134 Å². The Balaban J connectivity index is 1.88. The fourth-order valence-electron chi connectivity index (χ4n) is 1.34. The summed E-state index contributed by atoms with van der Waals surface area (Å²) < 4.78 is 1.02. The summed E-state index contributed by atoms with van der Waals surface area (Å²) in [7, 11) is 0.